The molecule has 0 aliphatic heterocycles. The molecule has 2 amide bonds. The molecule has 1 atom stereocenters. The zero-order chi connectivity index (χ0) is 16.5. The van der Waals surface area contributed by atoms with Crippen LogP contribution in [0.4, 0.5) is 10.5 Å². The minimum Gasteiger partial charge on any atom is -0.474 e. The molecule has 2 N–H and O–H groups in total. The normalized spacial score (nSPS) is 11.6. The maximum Gasteiger partial charge on any atom is 0.319 e. The number of aromatic nitrogens is 2. The first kappa shape index (κ1) is 16.7. The van der Waals surface area contributed by atoms with E-state index >= 15 is 0 Å². The summed E-state index contributed by atoms with van der Waals surface area (Å²) in [6, 6.07) is 6.69. The number of urea groups is 1. The van der Waals surface area contributed by atoms with Gasteiger partial charge in [0.15, 0.2) is 0 Å². The first-order chi connectivity index (χ1) is 11.2. The maximum absolute atomic E-state index is 12.1. The summed E-state index contributed by atoms with van der Waals surface area (Å²) < 4.78 is 10.4. The molecule has 122 valence electrons. The summed E-state index contributed by atoms with van der Waals surface area (Å²) in [6.07, 6.45) is 4.98. The number of rotatable bonds is 7. The van der Waals surface area contributed by atoms with E-state index in [1.54, 1.807) is 37.8 Å². The highest BCUT2D eigenvalue weighted by molar-refractivity contribution is 5.90. The topological polar surface area (TPSA) is 85.4 Å². The van der Waals surface area contributed by atoms with Crippen molar-refractivity contribution in [3.8, 4) is 5.88 Å². The predicted octanol–water partition coefficient (Wildman–Crippen LogP) is 2.38. The van der Waals surface area contributed by atoms with Gasteiger partial charge in [-0.15, -0.1) is 0 Å². The van der Waals surface area contributed by atoms with Gasteiger partial charge >= 0.3 is 6.03 Å². The monoisotopic (exact) mass is 316 g/mol. The largest absolute Gasteiger partial charge is 0.474 e. The fourth-order valence-corrected chi connectivity index (χ4v) is 1.91. The van der Waals surface area contributed by atoms with Gasteiger partial charge in [0.2, 0.25) is 5.88 Å². The molecule has 0 aliphatic carbocycles. The third-order valence-electron chi connectivity index (χ3n) is 3.10. The summed E-state index contributed by atoms with van der Waals surface area (Å²) in [5.41, 5.74) is 1.47. The van der Waals surface area contributed by atoms with Crippen molar-refractivity contribution in [1.82, 2.24) is 15.3 Å². The van der Waals surface area contributed by atoms with Crippen molar-refractivity contribution in [3.63, 3.8) is 0 Å². The number of hydrogen-bond acceptors (Lipinski definition) is 5. The Morgan fingerprint density at radius 2 is 2.00 bits per heavy atom. The highest BCUT2D eigenvalue weighted by Gasteiger charge is 2.12. The summed E-state index contributed by atoms with van der Waals surface area (Å²) in [6.45, 7) is 2.70. The van der Waals surface area contributed by atoms with Gasteiger partial charge in [0.25, 0.3) is 0 Å². The second-order valence-electron chi connectivity index (χ2n) is 4.80. The number of anilines is 1. The van der Waals surface area contributed by atoms with Crippen LogP contribution in [0.15, 0.2) is 42.9 Å². The van der Waals surface area contributed by atoms with E-state index in [2.05, 4.69) is 20.6 Å². The lowest BCUT2D eigenvalue weighted by Crippen LogP contribution is -2.31. The van der Waals surface area contributed by atoms with E-state index in [-0.39, 0.29) is 12.1 Å². The number of methoxy groups -OCH3 is 1. The first-order valence-electron chi connectivity index (χ1n) is 7.25. The second-order valence-corrected chi connectivity index (χ2v) is 4.80. The van der Waals surface area contributed by atoms with Gasteiger partial charge in [0.1, 0.15) is 12.3 Å². The van der Waals surface area contributed by atoms with Crippen LogP contribution in [0.2, 0.25) is 0 Å². The van der Waals surface area contributed by atoms with Crippen LogP contribution < -0.4 is 15.4 Å². The zero-order valence-corrected chi connectivity index (χ0v) is 13.2. The molecular formula is C16H20N4O3. The number of pyridine rings is 2. The van der Waals surface area contributed by atoms with Gasteiger partial charge in [-0.1, -0.05) is 0 Å². The van der Waals surface area contributed by atoms with E-state index in [9.17, 15) is 4.79 Å². The SMILES string of the molecule is COCCOc1ncccc1NC(=O)NC(C)c1ccncc1. The van der Waals surface area contributed by atoms with Gasteiger partial charge in [-0.2, -0.15) is 0 Å². The Labute approximate surface area is 135 Å². The minimum absolute atomic E-state index is 0.146. The van der Waals surface area contributed by atoms with Crippen LogP contribution in [-0.4, -0.2) is 36.3 Å². The average molecular weight is 316 g/mol. The number of ether oxygens (including phenoxy) is 2. The van der Waals surface area contributed by atoms with Crippen LogP contribution in [-0.2, 0) is 4.74 Å². The lowest BCUT2D eigenvalue weighted by molar-refractivity contribution is 0.144. The van der Waals surface area contributed by atoms with Crippen LogP contribution >= 0.6 is 0 Å². The Balaban J connectivity index is 1.95. The lowest BCUT2D eigenvalue weighted by Gasteiger charge is -2.16. The van der Waals surface area contributed by atoms with Gasteiger partial charge in [-0.05, 0) is 36.8 Å². The highest BCUT2D eigenvalue weighted by atomic mass is 16.5. The quantitative estimate of drug-likeness (QED) is 0.766. The van der Waals surface area contributed by atoms with Crippen molar-refractivity contribution in [2.75, 3.05) is 25.6 Å². The smallest absolute Gasteiger partial charge is 0.319 e. The standard InChI is InChI=1S/C16H20N4O3/c1-12(13-5-8-17-9-6-13)19-16(21)20-14-4-3-7-18-15(14)23-11-10-22-2/h3-9,12H,10-11H2,1-2H3,(H2,19,20,21). The number of carbonyl (C=O) groups excluding carboxylic acids is 1. The lowest BCUT2D eigenvalue weighted by atomic mass is 10.1. The molecule has 0 bridgehead atoms. The molecule has 0 fully saturated rings. The molecule has 2 rings (SSSR count). The van der Waals surface area contributed by atoms with E-state index in [0.717, 1.165) is 5.56 Å². The molecular weight excluding hydrogens is 296 g/mol. The molecule has 0 aromatic carbocycles. The van der Waals surface area contributed by atoms with Crippen molar-refractivity contribution in [2.45, 2.75) is 13.0 Å². The van der Waals surface area contributed by atoms with E-state index in [0.29, 0.717) is 24.8 Å². The Hall–Kier alpha value is -2.67. The van der Waals surface area contributed by atoms with E-state index in [1.807, 2.05) is 19.1 Å². The van der Waals surface area contributed by atoms with Crippen molar-refractivity contribution >= 4 is 11.7 Å². The van der Waals surface area contributed by atoms with Gasteiger partial charge in [0.05, 0.1) is 12.6 Å². The number of carbonyl (C=O) groups is 1. The van der Waals surface area contributed by atoms with Gasteiger partial charge in [0, 0.05) is 25.7 Å². The van der Waals surface area contributed by atoms with Gasteiger partial charge in [-0.25, -0.2) is 9.78 Å². The molecule has 0 saturated heterocycles. The van der Waals surface area contributed by atoms with E-state index < -0.39 is 0 Å². The molecule has 0 aliphatic rings. The summed E-state index contributed by atoms with van der Waals surface area (Å²) in [4.78, 5) is 20.2. The summed E-state index contributed by atoms with van der Waals surface area (Å²) in [5, 5.41) is 5.60. The number of nitrogens with zero attached hydrogens (tertiary/aromatic N) is 2. The molecule has 1 unspecified atom stereocenters. The predicted molar refractivity (Wildman–Crippen MR) is 86.4 cm³/mol. The Kier molecular flexibility index (Phi) is 6.31. The van der Waals surface area contributed by atoms with Crippen LogP contribution in [0.5, 0.6) is 5.88 Å². The Bertz CT molecular complexity index is 622. The number of hydrogen-bond donors (Lipinski definition) is 2. The Morgan fingerprint density at radius 3 is 2.74 bits per heavy atom. The van der Waals surface area contributed by atoms with Crippen molar-refractivity contribution in [3.05, 3.63) is 48.4 Å². The van der Waals surface area contributed by atoms with E-state index in [4.69, 9.17) is 9.47 Å². The number of nitrogens with one attached hydrogen (secondary N) is 2. The van der Waals surface area contributed by atoms with Crippen LogP contribution in [0, 0.1) is 0 Å². The molecule has 7 heteroatoms. The molecule has 2 aromatic rings. The van der Waals surface area contributed by atoms with Crippen molar-refractivity contribution in [1.29, 1.82) is 0 Å². The zero-order valence-electron chi connectivity index (χ0n) is 13.2. The Morgan fingerprint density at radius 1 is 1.22 bits per heavy atom. The number of amides is 2. The molecule has 0 spiro atoms. The summed E-state index contributed by atoms with van der Waals surface area (Å²) >= 11 is 0. The molecule has 0 radical (unpaired) electrons. The second kappa shape index (κ2) is 8.70. The summed E-state index contributed by atoms with van der Waals surface area (Å²) in [7, 11) is 1.59. The average Bonchev–Trinajstić information content (AvgIpc) is 2.57. The molecule has 2 aromatic heterocycles. The fourth-order valence-electron chi connectivity index (χ4n) is 1.91. The molecule has 2 heterocycles. The molecule has 7 nitrogen and oxygen atoms in total. The van der Waals surface area contributed by atoms with Crippen LogP contribution in [0.25, 0.3) is 0 Å². The third-order valence-corrected chi connectivity index (χ3v) is 3.10. The molecule has 23 heavy (non-hydrogen) atoms. The first-order valence-corrected chi connectivity index (χ1v) is 7.25. The minimum atomic E-state index is -0.334. The van der Waals surface area contributed by atoms with Crippen LogP contribution in [0.1, 0.15) is 18.5 Å². The van der Waals surface area contributed by atoms with Crippen LogP contribution in [0.3, 0.4) is 0 Å². The van der Waals surface area contributed by atoms with Gasteiger partial charge < -0.3 is 20.1 Å². The molecule has 0 saturated carbocycles. The van der Waals surface area contributed by atoms with Crippen molar-refractivity contribution < 1.29 is 14.3 Å². The van der Waals surface area contributed by atoms with E-state index in [1.165, 1.54) is 0 Å². The fraction of sp³-hybridized carbons (Fsp3) is 0.312. The maximum atomic E-state index is 12.1. The third kappa shape index (κ3) is 5.23. The summed E-state index contributed by atoms with van der Waals surface area (Å²) in [5.74, 6) is 0.358. The van der Waals surface area contributed by atoms with Gasteiger partial charge in [-0.3, -0.25) is 4.98 Å². The highest BCUT2D eigenvalue weighted by Crippen LogP contribution is 2.20. The van der Waals surface area contributed by atoms with Crippen molar-refractivity contribution in [2.24, 2.45) is 0 Å².